The smallest absolute Gasteiger partial charge is 0.0103 e. The third-order valence-corrected chi connectivity index (χ3v) is 3.39. The fourth-order valence-corrected chi connectivity index (χ4v) is 2.28. The number of rotatable bonds is 0. The summed E-state index contributed by atoms with van der Waals surface area (Å²) in [5.41, 5.74) is 4.72. The molecule has 0 N–H and O–H groups in total. The highest BCUT2D eigenvalue weighted by Gasteiger charge is 2.19. The van der Waals surface area contributed by atoms with Crippen molar-refractivity contribution >= 4 is 0 Å². The van der Waals surface area contributed by atoms with E-state index in [4.69, 9.17) is 0 Å². The normalized spacial score (nSPS) is 22.2. The Kier molecular flexibility index (Phi) is 2.86. The zero-order chi connectivity index (χ0) is 10.9. The van der Waals surface area contributed by atoms with Gasteiger partial charge in [0.15, 0.2) is 0 Å². The van der Waals surface area contributed by atoms with Gasteiger partial charge in [-0.25, -0.2) is 0 Å². The lowest BCUT2D eigenvalue weighted by Gasteiger charge is -2.18. The minimum atomic E-state index is 0.268. The summed E-state index contributed by atoms with van der Waals surface area (Å²) in [6, 6.07) is 0. The molecular formula is C15H21. The number of allylic oxidation sites excluding steroid dienone is 6. The molecule has 15 heavy (non-hydrogen) atoms. The zero-order valence-electron chi connectivity index (χ0n) is 10.2. The summed E-state index contributed by atoms with van der Waals surface area (Å²) in [5.74, 6) is 0. The third-order valence-electron chi connectivity index (χ3n) is 3.39. The Balaban J connectivity index is 2.21. The molecule has 0 saturated heterocycles. The lowest BCUT2D eigenvalue weighted by Crippen LogP contribution is -2.06. The first kappa shape index (κ1) is 10.7. The van der Waals surface area contributed by atoms with Crippen LogP contribution >= 0.6 is 0 Å². The average molecular weight is 201 g/mol. The molecular weight excluding hydrogens is 180 g/mol. The van der Waals surface area contributed by atoms with Crippen molar-refractivity contribution in [3.8, 4) is 0 Å². The largest absolute Gasteiger partial charge is 0.0623 e. The summed E-state index contributed by atoms with van der Waals surface area (Å²) in [6.07, 6.45) is 14.7. The molecule has 1 radical (unpaired) electrons. The van der Waals surface area contributed by atoms with Crippen molar-refractivity contribution in [2.45, 2.75) is 52.9 Å². The first-order valence-corrected chi connectivity index (χ1v) is 6.11. The lowest BCUT2D eigenvalue weighted by molar-refractivity contribution is 0.518. The molecule has 0 heteroatoms. The van der Waals surface area contributed by atoms with Crippen molar-refractivity contribution in [3.05, 3.63) is 34.9 Å². The van der Waals surface area contributed by atoms with Gasteiger partial charge in [0.2, 0.25) is 0 Å². The van der Waals surface area contributed by atoms with Crippen LogP contribution in [0.3, 0.4) is 0 Å². The maximum absolute atomic E-state index is 3.44. The van der Waals surface area contributed by atoms with Crippen molar-refractivity contribution < 1.29 is 0 Å². The molecule has 1 saturated carbocycles. The van der Waals surface area contributed by atoms with Gasteiger partial charge in [-0.15, -0.1) is 0 Å². The van der Waals surface area contributed by atoms with Crippen molar-refractivity contribution in [3.63, 3.8) is 0 Å². The molecule has 2 rings (SSSR count). The van der Waals surface area contributed by atoms with E-state index in [2.05, 4.69) is 39.0 Å². The molecule has 0 unspecified atom stereocenters. The Morgan fingerprint density at radius 2 is 1.73 bits per heavy atom. The molecule has 0 bridgehead atoms. The molecule has 0 amide bonds. The van der Waals surface area contributed by atoms with Crippen molar-refractivity contribution in [1.29, 1.82) is 0 Å². The summed E-state index contributed by atoms with van der Waals surface area (Å²) in [5, 5.41) is 0. The Morgan fingerprint density at radius 3 is 2.27 bits per heavy atom. The molecule has 0 aromatic carbocycles. The summed E-state index contributed by atoms with van der Waals surface area (Å²) in [6.45, 7) is 6.81. The zero-order valence-corrected chi connectivity index (χ0v) is 10.2. The summed E-state index contributed by atoms with van der Waals surface area (Å²) in [4.78, 5) is 0. The quantitative estimate of drug-likeness (QED) is 0.537. The predicted molar refractivity (Wildman–Crippen MR) is 65.5 cm³/mol. The Morgan fingerprint density at radius 1 is 1.07 bits per heavy atom. The van der Waals surface area contributed by atoms with Crippen molar-refractivity contribution in [2.24, 2.45) is 5.41 Å². The maximum Gasteiger partial charge on any atom is -0.0103 e. The monoisotopic (exact) mass is 201 g/mol. The van der Waals surface area contributed by atoms with E-state index in [9.17, 15) is 0 Å². The van der Waals surface area contributed by atoms with Gasteiger partial charge in [-0.3, -0.25) is 0 Å². The van der Waals surface area contributed by atoms with Crippen LogP contribution in [0.15, 0.2) is 28.9 Å². The van der Waals surface area contributed by atoms with Gasteiger partial charge in [-0.1, -0.05) is 38.8 Å². The summed E-state index contributed by atoms with van der Waals surface area (Å²) in [7, 11) is 0. The Hall–Kier alpha value is -0.780. The van der Waals surface area contributed by atoms with Crippen LogP contribution in [0.5, 0.6) is 0 Å². The van der Waals surface area contributed by atoms with E-state index < -0.39 is 0 Å². The standard InChI is InChI=1S/C15H21/c1-15(2,3)14-10-9-13(11-14)12-7-5-4-6-8-12/h10-11H,4-8H2,1-3H3. The van der Waals surface area contributed by atoms with Crippen molar-refractivity contribution in [1.82, 2.24) is 0 Å². The third kappa shape index (κ3) is 2.42. The van der Waals surface area contributed by atoms with E-state index in [0.717, 1.165) is 0 Å². The molecule has 0 heterocycles. The van der Waals surface area contributed by atoms with Gasteiger partial charge < -0.3 is 0 Å². The van der Waals surface area contributed by atoms with Gasteiger partial charge in [-0.2, -0.15) is 0 Å². The minimum absolute atomic E-state index is 0.268. The highest BCUT2D eigenvalue weighted by Crippen LogP contribution is 2.35. The molecule has 0 aromatic rings. The van der Waals surface area contributed by atoms with Crippen LogP contribution in [0.4, 0.5) is 0 Å². The van der Waals surface area contributed by atoms with Gasteiger partial charge >= 0.3 is 0 Å². The van der Waals surface area contributed by atoms with Gasteiger partial charge in [0.1, 0.15) is 0 Å². The SMILES string of the molecule is CC(C)(C)C1=CC(=C2CCCCC2)[C]=C1. The molecule has 0 aliphatic heterocycles. The van der Waals surface area contributed by atoms with E-state index in [-0.39, 0.29) is 5.41 Å². The molecule has 0 atom stereocenters. The van der Waals surface area contributed by atoms with E-state index in [1.54, 1.807) is 5.57 Å². The lowest BCUT2D eigenvalue weighted by atomic mass is 9.86. The molecule has 1 fully saturated rings. The van der Waals surface area contributed by atoms with Crippen LogP contribution in [0.25, 0.3) is 0 Å². The number of hydrogen-bond acceptors (Lipinski definition) is 0. The van der Waals surface area contributed by atoms with E-state index in [0.29, 0.717) is 0 Å². The van der Waals surface area contributed by atoms with Crippen LogP contribution in [0, 0.1) is 11.5 Å². The molecule has 0 spiro atoms. The topological polar surface area (TPSA) is 0 Å². The molecule has 2 aliphatic carbocycles. The van der Waals surface area contributed by atoms with E-state index >= 15 is 0 Å². The van der Waals surface area contributed by atoms with Crippen LogP contribution in [0.1, 0.15) is 52.9 Å². The highest BCUT2D eigenvalue weighted by atomic mass is 14.2. The second-order valence-electron chi connectivity index (χ2n) is 5.72. The fourth-order valence-electron chi connectivity index (χ4n) is 2.28. The van der Waals surface area contributed by atoms with Crippen LogP contribution in [-0.2, 0) is 0 Å². The Bertz CT molecular complexity index is 324. The molecule has 0 aromatic heterocycles. The maximum atomic E-state index is 3.44. The summed E-state index contributed by atoms with van der Waals surface area (Å²) >= 11 is 0. The minimum Gasteiger partial charge on any atom is -0.0623 e. The highest BCUT2D eigenvalue weighted by molar-refractivity contribution is 5.47. The second-order valence-corrected chi connectivity index (χ2v) is 5.72. The van der Waals surface area contributed by atoms with Crippen LogP contribution < -0.4 is 0 Å². The summed E-state index contributed by atoms with van der Waals surface area (Å²) < 4.78 is 0. The van der Waals surface area contributed by atoms with Crippen LogP contribution in [-0.4, -0.2) is 0 Å². The molecule has 2 aliphatic rings. The van der Waals surface area contributed by atoms with Gasteiger partial charge in [0, 0.05) is 0 Å². The Labute approximate surface area is 93.8 Å². The fraction of sp³-hybridized carbons (Fsp3) is 0.600. The second kappa shape index (κ2) is 4.00. The van der Waals surface area contributed by atoms with Gasteiger partial charge in [0.25, 0.3) is 0 Å². The first-order chi connectivity index (χ1) is 7.07. The van der Waals surface area contributed by atoms with E-state index in [1.807, 2.05) is 0 Å². The molecule has 81 valence electrons. The molecule has 0 nitrogen and oxygen atoms in total. The first-order valence-electron chi connectivity index (χ1n) is 6.11. The number of hydrogen-bond donors (Lipinski definition) is 0. The van der Waals surface area contributed by atoms with E-state index in [1.165, 1.54) is 43.3 Å². The average Bonchev–Trinajstić information content (AvgIpc) is 2.67. The van der Waals surface area contributed by atoms with Crippen LogP contribution in [0.2, 0.25) is 0 Å². The predicted octanol–water partition coefficient (Wildman–Crippen LogP) is 4.59. The van der Waals surface area contributed by atoms with Gasteiger partial charge in [-0.05, 0) is 54.4 Å². The van der Waals surface area contributed by atoms with Gasteiger partial charge in [0.05, 0.1) is 0 Å². The van der Waals surface area contributed by atoms with Crippen molar-refractivity contribution in [2.75, 3.05) is 0 Å².